The molecule has 0 aliphatic carbocycles. The first-order valence-corrected chi connectivity index (χ1v) is 7.43. The molecule has 1 amide bonds. The van der Waals surface area contributed by atoms with Crippen LogP contribution in [0.2, 0.25) is 0 Å². The maximum Gasteiger partial charge on any atom is 0.240 e. The molecule has 2 aromatic rings. The number of amides is 1. The van der Waals surface area contributed by atoms with Gasteiger partial charge in [-0.1, -0.05) is 18.2 Å². The number of rotatable bonds is 6. The molecule has 116 valence electrons. The molecular formula is C17H20N2O3. The fraction of sp³-hybridized carbons (Fsp3) is 0.353. The maximum atomic E-state index is 12.5. The highest BCUT2D eigenvalue weighted by Crippen LogP contribution is 2.27. The van der Waals surface area contributed by atoms with E-state index in [1.54, 1.807) is 13.4 Å². The molecule has 1 atom stereocenters. The number of hydrogen-bond acceptors (Lipinski definition) is 4. The lowest BCUT2D eigenvalue weighted by molar-refractivity contribution is -0.117. The van der Waals surface area contributed by atoms with E-state index in [0.717, 1.165) is 24.4 Å². The fourth-order valence-electron chi connectivity index (χ4n) is 2.80. The summed E-state index contributed by atoms with van der Waals surface area (Å²) >= 11 is 0. The Morgan fingerprint density at radius 1 is 1.36 bits per heavy atom. The lowest BCUT2D eigenvalue weighted by Gasteiger charge is -2.20. The van der Waals surface area contributed by atoms with Crippen LogP contribution in [0.5, 0.6) is 0 Å². The van der Waals surface area contributed by atoms with E-state index in [4.69, 9.17) is 9.15 Å². The molecule has 0 saturated heterocycles. The van der Waals surface area contributed by atoms with Crippen molar-refractivity contribution < 1.29 is 13.9 Å². The second kappa shape index (κ2) is 6.77. The number of carbonyl (C=O) groups is 1. The minimum atomic E-state index is -0.123. The van der Waals surface area contributed by atoms with Crippen LogP contribution < -0.4 is 10.2 Å². The van der Waals surface area contributed by atoms with Crippen molar-refractivity contribution in [2.75, 3.05) is 31.7 Å². The minimum absolute atomic E-state index is 0.0672. The number of fused-ring (bicyclic) bond motifs is 1. The molecule has 1 aromatic heterocycles. The topological polar surface area (TPSA) is 54.7 Å². The largest absolute Gasteiger partial charge is 0.468 e. The average molecular weight is 300 g/mol. The van der Waals surface area contributed by atoms with E-state index in [2.05, 4.69) is 11.4 Å². The normalized spacial score (nSPS) is 14.9. The van der Waals surface area contributed by atoms with Crippen molar-refractivity contribution in [1.82, 2.24) is 5.32 Å². The summed E-state index contributed by atoms with van der Waals surface area (Å²) in [5, 5.41) is 3.22. The molecule has 3 rings (SSSR count). The van der Waals surface area contributed by atoms with Crippen molar-refractivity contribution in [2.45, 2.75) is 12.5 Å². The van der Waals surface area contributed by atoms with E-state index in [1.807, 2.05) is 35.2 Å². The van der Waals surface area contributed by atoms with Gasteiger partial charge in [-0.25, -0.2) is 0 Å². The zero-order valence-electron chi connectivity index (χ0n) is 12.6. The fourth-order valence-corrected chi connectivity index (χ4v) is 2.80. The molecule has 2 heterocycles. The molecular weight excluding hydrogens is 280 g/mol. The molecule has 0 radical (unpaired) electrons. The third-order valence-electron chi connectivity index (χ3n) is 3.91. The number of nitrogens with zero attached hydrogens (tertiary/aromatic N) is 1. The van der Waals surface area contributed by atoms with E-state index in [-0.39, 0.29) is 18.5 Å². The van der Waals surface area contributed by atoms with Crippen LogP contribution in [0.1, 0.15) is 17.4 Å². The Balaban J connectivity index is 1.62. The van der Waals surface area contributed by atoms with Crippen LogP contribution in [0, 0.1) is 0 Å². The van der Waals surface area contributed by atoms with Crippen LogP contribution in [0.3, 0.4) is 0 Å². The molecule has 5 heteroatoms. The first-order valence-electron chi connectivity index (χ1n) is 7.43. The molecule has 0 fully saturated rings. The van der Waals surface area contributed by atoms with Gasteiger partial charge in [-0.15, -0.1) is 0 Å². The number of benzene rings is 1. The van der Waals surface area contributed by atoms with Crippen molar-refractivity contribution in [3.8, 4) is 0 Å². The minimum Gasteiger partial charge on any atom is -0.468 e. The molecule has 1 aliphatic rings. The summed E-state index contributed by atoms with van der Waals surface area (Å²) in [6.45, 7) is 1.45. The van der Waals surface area contributed by atoms with Gasteiger partial charge in [0, 0.05) is 19.3 Å². The zero-order valence-corrected chi connectivity index (χ0v) is 12.6. The van der Waals surface area contributed by atoms with Crippen LogP contribution >= 0.6 is 0 Å². The van der Waals surface area contributed by atoms with Gasteiger partial charge in [-0.3, -0.25) is 10.1 Å². The van der Waals surface area contributed by atoms with Gasteiger partial charge in [0.2, 0.25) is 5.91 Å². The molecule has 1 aromatic carbocycles. The summed E-state index contributed by atoms with van der Waals surface area (Å²) in [7, 11) is 1.64. The molecule has 1 unspecified atom stereocenters. The van der Waals surface area contributed by atoms with Crippen LogP contribution in [0.25, 0.3) is 0 Å². The van der Waals surface area contributed by atoms with E-state index >= 15 is 0 Å². The predicted molar refractivity (Wildman–Crippen MR) is 83.8 cm³/mol. The summed E-state index contributed by atoms with van der Waals surface area (Å²) in [5.74, 6) is 0.842. The van der Waals surface area contributed by atoms with Gasteiger partial charge in [0.05, 0.1) is 25.5 Å². The second-order valence-corrected chi connectivity index (χ2v) is 5.33. The van der Waals surface area contributed by atoms with Gasteiger partial charge >= 0.3 is 0 Å². The number of hydrogen-bond donors (Lipinski definition) is 1. The first kappa shape index (κ1) is 14.8. The van der Waals surface area contributed by atoms with Gasteiger partial charge < -0.3 is 14.1 Å². The zero-order chi connectivity index (χ0) is 15.4. The predicted octanol–water partition coefficient (Wildman–Crippen LogP) is 2.15. The quantitative estimate of drug-likeness (QED) is 0.888. The molecule has 22 heavy (non-hydrogen) atoms. The lowest BCUT2D eigenvalue weighted by Crippen LogP contribution is -2.39. The maximum absolute atomic E-state index is 12.5. The number of furan rings is 1. The number of nitrogens with one attached hydrogen (secondary N) is 1. The van der Waals surface area contributed by atoms with Gasteiger partial charge in [-0.2, -0.15) is 0 Å². The Hall–Kier alpha value is -2.11. The molecule has 0 bridgehead atoms. The van der Waals surface area contributed by atoms with Gasteiger partial charge in [0.15, 0.2) is 0 Å². The summed E-state index contributed by atoms with van der Waals surface area (Å²) in [5.41, 5.74) is 2.26. The van der Waals surface area contributed by atoms with Crippen LogP contribution in [0.4, 0.5) is 5.69 Å². The summed E-state index contributed by atoms with van der Waals surface area (Å²) in [4.78, 5) is 14.3. The van der Waals surface area contributed by atoms with E-state index in [9.17, 15) is 4.79 Å². The highest BCUT2D eigenvalue weighted by Gasteiger charge is 2.25. The first-order chi connectivity index (χ1) is 10.8. The summed E-state index contributed by atoms with van der Waals surface area (Å²) in [6.07, 6.45) is 2.54. The summed E-state index contributed by atoms with van der Waals surface area (Å²) < 4.78 is 10.6. The third kappa shape index (κ3) is 3.05. The van der Waals surface area contributed by atoms with E-state index in [1.165, 1.54) is 5.56 Å². The number of para-hydroxylation sites is 1. The Morgan fingerprint density at radius 2 is 2.23 bits per heavy atom. The third-order valence-corrected chi connectivity index (χ3v) is 3.91. The molecule has 1 N–H and O–H groups in total. The van der Waals surface area contributed by atoms with Gasteiger partial charge in [-0.05, 0) is 30.2 Å². The molecule has 5 nitrogen and oxygen atoms in total. The molecule has 0 spiro atoms. The SMILES string of the molecule is COCC(NCC(=O)N1CCc2ccccc21)c1ccco1. The monoisotopic (exact) mass is 300 g/mol. The highest BCUT2D eigenvalue weighted by molar-refractivity contribution is 5.96. The van der Waals surface area contributed by atoms with Crippen LogP contribution in [0.15, 0.2) is 47.1 Å². The standard InChI is InChI=1S/C17H20N2O3/c1-21-12-14(16-7-4-10-22-16)18-11-17(20)19-9-8-13-5-2-3-6-15(13)19/h2-7,10,14,18H,8-9,11-12H2,1H3. The molecule has 0 saturated carbocycles. The smallest absolute Gasteiger partial charge is 0.240 e. The number of carbonyl (C=O) groups excluding carboxylic acids is 1. The van der Waals surface area contributed by atoms with Crippen LogP contribution in [-0.4, -0.2) is 32.7 Å². The van der Waals surface area contributed by atoms with Crippen molar-refractivity contribution >= 4 is 11.6 Å². The van der Waals surface area contributed by atoms with Crippen molar-refractivity contribution in [1.29, 1.82) is 0 Å². The second-order valence-electron chi connectivity index (χ2n) is 5.33. The Kier molecular flexibility index (Phi) is 4.56. The van der Waals surface area contributed by atoms with E-state index < -0.39 is 0 Å². The Morgan fingerprint density at radius 3 is 3.00 bits per heavy atom. The van der Waals surface area contributed by atoms with Crippen molar-refractivity contribution in [2.24, 2.45) is 0 Å². The number of anilines is 1. The number of methoxy groups -OCH3 is 1. The average Bonchev–Trinajstić information content (AvgIpc) is 3.20. The van der Waals surface area contributed by atoms with Crippen LogP contribution in [-0.2, 0) is 16.0 Å². The van der Waals surface area contributed by atoms with E-state index in [0.29, 0.717) is 6.61 Å². The van der Waals surface area contributed by atoms with Crippen molar-refractivity contribution in [3.63, 3.8) is 0 Å². The number of ether oxygens (including phenoxy) is 1. The summed E-state index contributed by atoms with van der Waals surface area (Å²) in [6, 6.07) is 11.6. The Bertz CT molecular complexity index is 625. The Labute approximate surface area is 129 Å². The highest BCUT2D eigenvalue weighted by atomic mass is 16.5. The van der Waals surface area contributed by atoms with Gasteiger partial charge in [0.1, 0.15) is 5.76 Å². The van der Waals surface area contributed by atoms with Gasteiger partial charge in [0.25, 0.3) is 0 Å². The lowest BCUT2D eigenvalue weighted by atomic mass is 10.2. The molecule has 1 aliphatic heterocycles. The van der Waals surface area contributed by atoms with Crippen molar-refractivity contribution in [3.05, 3.63) is 54.0 Å².